The van der Waals surface area contributed by atoms with E-state index in [1.807, 2.05) is 38.1 Å². The Bertz CT molecular complexity index is 632. The molecule has 2 aromatic rings. The summed E-state index contributed by atoms with van der Waals surface area (Å²) in [6.07, 6.45) is -0.141. The van der Waals surface area contributed by atoms with Crippen molar-refractivity contribution in [2.24, 2.45) is 0 Å². The zero-order chi connectivity index (χ0) is 15.9. The molecule has 0 N–H and O–H groups in total. The molecule has 0 atom stereocenters. The molecule has 116 valence electrons. The third-order valence-corrected chi connectivity index (χ3v) is 3.17. The maximum atomic E-state index is 10.7. The van der Waals surface area contributed by atoms with Gasteiger partial charge in [-0.1, -0.05) is 35.9 Å². The predicted molar refractivity (Wildman–Crippen MR) is 81.8 cm³/mol. The number of rotatable bonds is 7. The van der Waals surface area contributed by atoms with Crippen molar-refractivity contribution in [2.75, 3.05) is 6.61 Å². The number of carbonyl (C=O) groups excluding carboxylic acids is 1. The minimum atomic E-state index is -1.12. The number of ether oxygens (including phenoxy) is 2. The minimum absolute atomic E-state index is 0.141. The Morgan fingerprint density at radius 3 is 2.32 bits per heavy atom. The molecule has 4 heteroatoms. The Balaban J connectivity index is 2.11. The van der Waals surface area contributed by atoms with Gasteiger partial charge in [0.2, 0.25) is 0 Å². The Morgan fingerprint density at radius 2 is 1.68 bits per heavy atom. The molecular weight excluding hydrogens is 280 g/mol. The average molecular weight is 299 g/mol. The van der Waals surface area contributed by atoms with E-state index in [4.69, 9.17) is 9.47 Å². The highest BCUT2D eigenvalue weighted by atomic mass is 16.5. The fraction of sp³-hybridized carbons (Fsp3) is 0.278. The van der Waals surface area contributed by atoms with Gasteiger partial charge in [-0.2, -0.15) is 0 Å². The molecule has 0 fully saturated rings. The van der Waals surface area contributed by atoms with Crippen LogP contribution in [0, 0.1) is 6.92 Å². The summed E-state index contributed by atoms with van der Waals surface area (Å²) in [6, 6.07) is 13.2. The molecule has 0 bridgehead atoms. The number of aliphatic carboxylic acids is 1. The number of carbonyl (C=O) groups is 1. The highest BCUT2D eigenvalue weighted by Gasteiger charge is 2.07. The number of carboxylic acids is 1. The molecule has 0 aliphatic rings. The number of hydrogen-bond acceptors (Lipinski definition) is 4. The van der Waals surface area contributed by atoms with Gasteiger partial charge in [0.15, 0.2) is 11.5 Å². The molecule has 0 unspecified atom stereocenters. The van der Waals surface area contributed by atoms with Gasteiger partial charge >= 0.3 is 0 Å². The smallest absolute Gasteiger partial charge is 0.161 e. The number of benzene rings is 2. The summed E-state index contributed by atoms with van der Waals surface area (Å²) in [7, 11) is 0. The van der Waals surface area contributed by atoms with Crippen LogP contribution >= 0.6 is 0 Å². The molecule has 0 spiro atoms. The number of carboxylic acid groups (broad SMARTS) is 1. The maximum Gasteiger partial charge on any atom is 0.161 e. The maximum absolute atomic E-state index is 10.7. The third-order valence-electron chi connectivity index (χ3n) is 3.17. The molecule has 22 heavy (non-hydrogen) atoms. The highest BCUT2D eigenvalue weighted by Crippen LogP contribution is 2.29. The Labute approximate surface area is 130 Å². The van der Waals surface area contributed by atoms with Crippen LogP contribution in [0.2, 0.25) is 0 Å². The molecule has 0 saturated carbocycles. The summed E-state index contributed by atoms with van der Waals surface area (Å²) in [5, 5.41) is 10.7. The van der Waals surface area contributed by atoms with E-state index in [0.717, 1.165) is 5.56 Å². The lowest BCUT2D eigenvalue weighted by Crippen LogP contribution is -2.24. The van der Waals surface area contributed by atoms with Crippen molar-refractivity contribution >= 4 is 5.97 Å². The molecule has 0 saturated heterocycles. The molecule has 2 rings (SSSR count). The van der Waals surface area contributed by atoms with Crippen LogP contribution in [-0.2, 0) is 17.8 Å². The van der Waals surface area contributed by atoms with E-state index >= 15 is 0 Å². The van der Waals surface area contributed by atoms with E-state index in [9.17, 15) is 9.90 Å². The molecular formula is C18H19O4-. The van der Waals surface area contributed by atoms with Crippen molar-refractivity contribution in [3.63, 3.8) is 0 Å². The van der Waals surface area contributed by atoms with Crippen molar-refractivity contribution in [3.05, 3.63) is 59.2 Å². The predicted octanol–water partition coefficient (Wildman–Crippen LogP) is 2.27. The first-order valence-electron chi connectivity index (χ1n) is 7.22. The van der Waals surface area contributed by atoms with Crippen LogP contribution in [0.4, 0.5) is 0 Å². The SMILES string of the molecule is CCOc1cc(CC(=O)[O-])ccc1OCc1ccc(C)cc1. The van der Waals surface area contributed by atoms with Crippen LogP contribution < -0.4 is 14.6 Å². The van der Waals surface area contributed by atoms with Crippen LogP contribution in [0.25, 0.3) is 0 Å². The van der Waals surface area contributed by atoms with Gasteiger partial charge < -0.3 is 19.4 Å². The third kappa shape index (κ3) is 4.52. The van der Waals surface area contributed by atoms with E-state index in [1.165, 1.54) is 5.56 Å². The summed E-state index contributed by atoms with van der Waals surface area (Å²) in [6.45, 7) is 4.82. The van der Waals surface area contributed by atoms with Gasteiger partial charge in [-0.3, -0.25) is 0 Å². The lowest BCUT2D eigenvalue weighted by molar-refractivity contribution is -0.304. The summed E-state index contributed by atoms with van der Waals surface area (Å²) in [5.74, 6) is 0.0358. The molecule has 0 heterocycles. The standard InChI is InChI=1S/C18H20O4/c1-3-21-17-10-15(11-18(19)20)8-9-16(17)22-12-14-6-4-13(2)5-7-14/h4-10H,3,11-12H2,1-2H3,(H,19,20)/p-1. The normalized spacial score (nSPS) is 10.3. The molecule has 0 amide bonds. The van der Waals surface area contributed by atoms with E-state index in [0.29, 0.717) is 30.3 Å². The van der Waals surface area contributed by atoms with Crippen LogP contribution in [0.15, 0.2) is 42.5 Å². The molecule has 0 aromatic heterocycles. The zero-order valence-electron chi connectivity index (χ0n) is 12.8. The van der Waals surface area contributed by atoms with Gasteiger partial charge in [0.25, 0.3) is 0 Å². The summed E-state index contributed by atoms with van der Waals surface area (Å²) < 4.78 is 11.3. The summed E-state index contributed by atoms with van der Waals surface area (Å²) >= 11 is 0. The van der Waals surface area contributed by atoms with Gasteiger partial charge in [-0.15, -0.1) is 0 Å². The van der Waals surface area contributed by atoms with Crippen LogP contribution in [0.1, 0.15) is 23.6 Å². The van der Waals surface area contributed by atoms with E-state index in [-0.39, 0.29) is 6.42 Å². The molecule has 0 aliphatic carbocycles. The largest absolute Gasteiger partial charge is 0.550 e. The highest BCUT2D eigenvalue weighted by molar-refractivity contribution is 5.68. The topological polar surface area (TPSA) is 58.6 Å². The second kappa shape index (κ2) is 7.50. The average Bonchev–Trinajstić information content (AvgIpc) is 2.48. The fourth-order valence-electron chi connectivity index (χ4n) is 2.06. The van der Waals surface area contributed by atoms with Gasteiger partial charge in [0.1, 0.15) is 6.61 Å². The lowest BCUT2D eigenvalue weighted by atomic mass is 10.1. The Hall–Kier alpha value is -2.49. The van der Waals surface area contributed by atoms with Gasteiger partial charge in [0, 0.05) is 12.4 Å². The van der Waals surface area contributed by atoms with Crippen LogP contribution in [-0.4, -0.2) is 12.6 Å². The lowest BCUT2D eigenvalue weighted by Gasteiger charge is -2.14. The van der Waals surface area contributed by atoms with Crippen molar-refractivity contribution in [2.45, 2.75) is 26.9 Å². The Morgan fingerprint density at radius 1 is 1.00 bits per heavy atom. The van der Waals surface area contributed by atoms with Crippen molar-refractivity contribution in [1.29, 1.82) is 0 Å². The first-order valence-corrected chi connectivity index (χ1v) is 7.22. The molecule has 0 radical (unpaired) electrons. The monoisotopic (exact) mass is 299 g/mol. The zero-order valence-corrected chi connectivity index (χ0v) is 12.8. The van der Waals surface area contributed by atoms with Gasteiger partial charge in [0.05, 0.1) is 6.61 Å². The van der Waals surface area contributed by atoms with Gasteiger partial charge in [-0.25, -0.2) is 0 Å². The quantitative estimate of drug-likeness (QED) is 0.787. The second-order valence-corrected chi connectivity index (χ2v) is 5.04. The second-order valence-electron chi connectivity index (χ2n) is 5.04. The van der Waals surface area contributed by atoms with Crippen LogP contribution in [0.5, 0.6) is 11.5 Å². The Kier molecular flexibility index (Phi) is 5.42. The summed E-state index contributed by atoms with van der Waals surface area (Å²) in [5.41, 5.74) is 2.89. The first kappa shape index (κ1) is 15.9. The first-order chi connectivity index (χ1) is 10.6. The molecule has 4 nitrogen and oxygen atoms in total. The summed E-state index contributed by atoms with van der Waals surface area (Å²) in [4.78, 5) is 10.7. The van der Waals surface area contributed by atoms with Crippen molar-refractivity contribution < 1.29 is 19.4 Å². The molecule has 2 aromatic carbocycles. The molecule has 0 aliphatic heterocycles. The van der Waals surface area contributed by atoms with Crippen LogP contribution in [0.3, 0.4) is 0 Å². The number of hydrogen-bond donors (Lipinski definition) is 0. The van der Waals surface area contributed by atoms with Crippen molar-refractivity contribution in [3.8, 4) is 11.5 Å². The minimum Gasteiger partial charge on any atom is -0.550 e. The van der Waals surface area contributed by atoms with E-state index in [1.54, 1.807) is 18.2 Å². The number of aryl methyl sites for hydroxylation is 1. The van der Waals surface area contributed by atoms with E-state index < -0.39 is 5.97 Å². The van der Waals surface area contributed by atoms with Gasteiger partial charge in [-0.05, 0) is 37.1 Å². The van der Waals surface area contributed by atoms with E-state index in [2.05, 4.69) is 0 Å². The fourth-order valence-corrected chi connectivity index (χ4v) is 2.06. The van der Waals surface area contributed by atoms with Crippen molar-refractivity contribution in [1.82, 2.24) is 0 Å².